The van der Waals surface area contributed by atoms with Crippen molar-refractivity contribution in [2.24, 2.45) is 0 Å². The second kappa shape index (κ2) is 8.03. The maximum absolute atomic E-state index is 12.4. The van der Waals surface area contributed by atoms with Gasteiger partial charge in [-0.15, -0.1) is 0 Å². The maximum Gasteiger partial charge on any atom is 0.410 e. The standard InChI is InChI=1S/C16H24Br2N2O3/c1-16(2,3)23-15(21)20-7-5-4-6-11(20)9-19-10-12-8-13(17)14(18)22-12/h8,11,19H,4-7,9-10H2,1-3H3. The quantitative estimate of drug-likeness (QED) is 0.721. The van der Waals surface area contributed by atoms with Crippen molar-refractivity contribution in [3.63, 3.8) is 0 Å². The molecule has 1 aromatic rings. The fraction of sp³-hybridized carbons (Fsp3) is 0.688. The van der Waals surface area contributed by atoms with Crippen LogP contribution in [0.3, 0.4) is 0 Å². The van der Waals surface area contributed by atoms with Gasteiger partial charge in [-0.3, -0.25) is 0 Å². The van der Waals surface area contributed by atoms with E-state index in [0.717, 1.165) is 42.6 Å². The summed E-state index contributed by atoms with van der Waals surface area (Å²) in [5.74, 6) is 0.850. The van der Waals surface area contributed by atoms with Crippen LogP contribution in [-0.2, 0) is 11.3 Å². The summed E-state index contributed by atoms with van der Waals surface area (Å²) in [5, 5.41) is 3.37. The normalized spacial score (nSPS) is 19.0. The number of nitrogens with zero attached hydrogens (tertiary/aromatic N) is 1. The summed E-state index contributed by atoms with van der Waals surface area (Å²) in [6.45, 7) is 7.81. The lowest BCUT2D eigenvalue weighted by Gasteiger charge is -2.36. The van der Waals surface area contributed by atoms with Gasteiger partial charge in [0.2, 0.25) is 0 Å². The molecule has 130 valence electrons. The van der Waals surface area contributed by atoms with Crippen molar-refractivity contribution < 1.29 is 13.9 Å². The largest absolute Gasteiger partial charge is 0.452 e. The first-order chi connectivity index (χ1) is 10.8. The van der Waals surface area contributed by atoms with E-state index < -0.39 is 5.60 Å². The first kappa shape index (κ1) is 18.8. The zero-order chi connectivity index (χ0) is 17.0. The Morgan fingerprint density at radius 1 is 1.43 bits per heavy atom. The van der Waals surface area contributed by atoms with Crippen LogP contribution in [0.5, 0.6) is 0 Å². The fourth-order valence-electron chi connectivity index (χ4n) is 2.61. The minimum atomic E-state index is -0.459. The summed E-state index contributed by atoms with van der Waals surface area (Å²) in [6, 6.07) is 2.10. The number of hydrogen-bond acceptors (Lipinski definition) is 4. The minimum Gasteiger partial charge on any atom is -0.452 e. The Morgan fingerprint density at radius 3 is 2.78 bits per heavy atom. The lowest BCUT2D eigenvalue weighted by atomic mass is 10.0. The molecule has 0 saturated carbocycles. The molecule has 0 radical (unpaired) electrons. The Labute approximate surface area is 154 Å². The Kier molecular flexibility index (Phi) is 6.57. The summed E-state index contributed by atoms with van der Waals surface area (Å²) in [7, 11) is 0. The maximum atomic E-state index is 12.4. The zero-order valence-electron chi connectivity index (χ0n) is 13.8. The second-order valence-corrected chi connectivity index (χ2v) is 8.36. The molecule has 0 aromatic carbocycles. The Balaban J connectivity index is 1.87. The lowest BCUT2D eigenvalue weighted by molar-refractivity contribution is 0.00990. The molecule has 1 atom stereocenters. The summed E-state index contributed by atoms with van der Waals surface area (Å²) < 4.78 is 12.7. The monoisotopic (exact) mass is 450 g/mol. The molecular weight excluding hydrogens is 428 g/mol. The Bertz CT molecular complexity index is 520. The molecule has 1 N–H and O–H groups in total. The van der Waals surface area contributed by atoms with Gasteiger partial charge in [0.1, 0.15) is 11.4 Å². The van der Waals surface area contributed by atoms with E-state index in [1.54, 1.807) is 0 Å². The van der Waals surface area contributed by atoms with E-state index in [2.05, 4.69) is 37.2 Å². The van der Waals surface area contributed by atoms with E-state index in [4.69, 9.17) is 9.15 Å². The van der Waals surface area contributed by atoms with Crippen molar-refractivity contribution >= 4 is 38.0 Å². The molecule has 5 nitrogen and oxygen atoms in total. The van der Waals surface area contributed by atoms with Crippen LogP contribution in [-0.4, -0.2) is 35.7 Å². The van der Waals surface area contributed by atoms with Crippen molar-refractivity contribution in [2.45, 2.75) is 58.2 Å². The van der Waals surface area contributed by atoms with Crippen LogP contribution in [0.15, 0.2) is 19.6 Å². The van der Waals surface area contributed by atoms with E-state index in [9.17, 15) is 4.79 Å². The number of hydrogen-bond donors (Lipinski definition) is 1. The summed E-state index contributed by atoms with van der Waals surface area (Å²) in [4.78, 5) is 14.2. The number of furan rings is 1. The molecular formula is C16H24Br2N2O3. The Hall–Kier alpha value is -0.530. The Morgan fingerprint density at radius 2 is 2.17 bits per heavy atom. The third-order valence-corrected chi connectivity index (χ3v) is 5.34. The van der Waals surface area contributed by atoms with Crippen LogP contribution in [0.2, 0.25) is 0 Å². The molecule has 23 heavy (non-hydrogen) atoms. The van der Waals surface area contributed by atoms with Crippen LogP contribution < -0.4 is 5.32 Å². The number of halogens is 2. The van der Waals surface area contributed by atoms with Gasteiger partial charge in [0.05, 0.1) is 11.0 Å². The first-order valence-electron chi connectivity index (χ1n) is 7.90. The molecule has 1 saturated heterocycles. The smallest absolute Gasteiger partial charge is 0.410 e. The van der Waals surface area contributed by atoms with Gasteiger partial charge in [-0.05, 0) is 78.0 Å². The topological polar surface area (TPSA) is 54.7 Å². The SMILES string of the molecule is CC(C)(C)OC(=O)N1CCCCC1CNCc1cc(Br)c(Br)o1. The van der Waals surface area contributed by atoms with Crippen LogP contribution in [0, 0.1) is 0 Å². The average molecular weight is 452 g/mol. The highest BCUT2D eigenvalue weighted by Gasteiger charge is 2.30. The summed E-state index contributed by atoms with van der Waals surface area (Å²) >= 11 is 6.73. The average Bonchev–Trinajstić information content (AvgIpc) is 2.76. The number of amides is 1. The fourth-order valence-corrected chi connectivity index (χ4v) is 3.27. The molecule has 0 bridgehead atoms. The minimum absolute atomic E-state index is 0.167. The number of piperidine rings is 1. The molecule has 0 aliphatic carbocycles. The number of rotatable bonds is 4. The second-order valence-electron chi connectivity index (χ2n) is 6.79. The van der Waals surface area contributed by atoms with E-state index in [1.807, 2.05) is 31.7 Å². The van der Waals surface area contributed by atoms with E-state index in [-0.39, 0.29) is 12.1 Å². The van der Waals surface area contributed by atoms with E-state index in [0.29, 0.717) is 11.2 Å². The molecule has 2 heterocycles. The number of carbonyl (C=O) groups is 1. The number of carbonyl (C=O) groups excluding carboxylic acids is 1. The van der Waals surface area contributed by atoms with Gasteiger partial charge in [0, 0.05) is 19.1 Å². The van der Waals surface area contributed by atoms with Gasteiger partial charge in [-0.1, -0.05) is 0 Å². The van der Waals surface area contributed by atoms with Gasteiger partial charge in [-0.2, -0.15) is 0 Å². The van der Waals surface area contributed by atoms with Crippen molar-refractivity contribution in [3.8, 4) is 0 Å². The predicted octanol–water partition coefficient (Wildman–Crippen LogP) is 4.68. The number of nitrogens with one attached hydrogen (secondary N) is 1. The van der Waals surface area contributed by atoms with Gasteiger partial charge in [0.25, 0.3) is 0 Å². The number of ether oxygens (including phenoxy) is 1. The molecule has 1 aliphatic rings. The van der Waals surface area contributed by atoms with Crippen molar-refractivity contribution in [3.05, 3.63) is 21.0 Å². The molecule has 1 aromatic heterocycles. The molecule has 1 unspecified atom stereocenters. The van der Waals surface area contributed by atoms with Crippen molar-refractivity contribution in [1.29, 1.82) is 0 Å². The van der Waals surface area contributed by atoms with Crippen molar-refractivity contribution in [1.82, 2.24) is 10.2 Å². The highest BCUT2D eigenvalue weighted by atomic mass is 79.9. The third-order valence-electron chi connectivity index (χ3n) is 3.63. The molecule has 1 amide bonds. The van der Waals surface area contributed by atoms with Crippen LogP contribution in [0.1, 0.15) is 45.8 Å². The van der Waals surface area contributed by atoms with Crippen LogP contribution in [0.25, 0.3) is 0 Å². The van der Waals surface area contributed by atoms with Crippen molar-refractivity contribution in [2.75, 3.05) is 13.1 Å². The van der Waals surface area contributed by atoms with Crippen LogP contribution in [0.4, 0.5) is 4.79 Å². The highest BCUT2D eigenvalue weighted by molar-refractivity contribution is 9.13. The summed E-state index contributed by atoms with van der Waals surface area (Å²) in [5.41, 5.74) is -0.459. The third kappa shape index (κ3) is 5.80. The van der Waals surface area contributed by atoms with Gasteiger partial charge < -0.3 is 19.4 Å². The molecule has 1 aliphatic heterocycles. The molecule has 0 spiro atoms. The van der Waals surface area contributed by atoms with E-state index in [1.165, 1.54) is 0 Å². The van der Waals surface area contributed by atoms with Gasteiger partial charge >= 0.3 is 6.09 Å². The van der Waals surface area contributed by atoms with Gasteiger partial charge in [0.15, 0.2) is 4.67 Å². The predicted molar refractivity (Wildman–Crippen MR) is 96.4 cm³/mol. The molecule has 1 fully saturated rings. The van der Waals surface area contributed by atoms with E-state index >= 15 is 0 Å². The first-order valence-corrected chi connectivity index (χ1v) is 9.49. The van der Waals surface area contributed by atoms with Crippen LogP contribution >= 0.6 is 31.9 Å². The number of likely N-dealkylation sites (tertiary alicyclic amines) is 1. The van der Waals surface area contributed by atoms with Gasteiger partial charge in [-0.25, -0.2) is 4.79 Å². The summed E-state index contributed by atoms with van der Waals surface area (Å²) in [6.07, 6.45) is 2.96. The zero-order valence-corrected chi connectivity index (χ0v) is 17.0. The lowest BCUT2D eigenvalue weighted by Crippen LogP contribution is -2.50. The highest BCUT2D eigenvalue weighted by Crippen LogP contribution is 2.26. The molecule has 2 rings (SSSR count). The molecule has 7 heteroatoms.